The highest BCUT2D eigenvalue weighted by molar-refractivity contribution is 5.43. The van der Waals surface area contributed by atoms with Gasteiger partial charge >= 0.3 is 0 Å². The number of anilines is 1. The van der Waals surface area contributed by atoms with Crippen LogP contribution in [0.3, 0.4) is 0 Å². The summed E-state index contributed by atoms with van der Waals surface area (Å²) >= 11 is 0. The predicted molar refractivity (Wildman–Crippen MR) is 83.2 cm³/mol. The lowest BCUT2D eigenvalue weighted by molar-refractivity contribution is 0.0529. The van der Waals surface area contributed by atoms with E-state index in [1.165, 1.54) is 17.7 Å². The summed E-state index contributed by atoms with van der Waals surface area (Å²) in [5.41, 5.74) is 2.51. The van der Waals surface area contributed by atoms with Crippen LogP contribution in [0.1, 0.15) is 38.4 Å². The zero-order valence-corrected chi connectivity index (χ0v) is 13.0. The van der Waals surface area contributed by atoms with Crippen LogP contribution in [0.25, 0.3) is 0 Å². The maximum Gasteiger partial charge on any atom is 0.129 e. The Bertz CT molecular complexity index is 422. The van der Waals surface area contributed by atoms with E-state index >= 15 is 0 Å². The summed E-state index contributed by atoms with van der Waals surface area (Å²) in [7, 11) is 0. The Morgan fingerprint density at radius 3 is 2.95 bits per heavy atom. The average Bonchev–Trinajstić information content (AvgIpc) is 2.47. The van der Waals surface area contributed by atoms with Crippen LogP contribution in [-0.2, 0) is 17.7 Å². The highest BCUT2D eigenvalue weighted by atomic mass is 16.5. The molecule has 1 aromatic rings. The lowest BCUT2D eigenvalue weighted by Crippen LogP contribution is -2.41. The second kappa shape index (κ2) is 7.60. The van der Waals surface area contributed by atoms with Crippen LogP contribution in [-0.4, -0.2) is 37.3 Å². The molecule has 4 heteroatoms. The number of hydrogen-bond donors (Lipinski definition) is 1. The van der Waals surface area contributed by atoms with Crippen LogP contribution in [0.4, 0.5) is 5.82 Å². The van der Waals surface area contributed by atoms with Crippen molar-refractivity contribution in [3.63, 3.8) is 0 Å². The first-order valence-electron chi connectivity index (χ1n) is 7.80. The van der Waals surface area contributed by atoms with Gasteiger partial charge in [0.15, 0.2) is 0 Å². The van der Waals surface area contributed by atoms with Crippen molar-refractivity contribution in [2.24, 2.45) is 0 Å². The van der Waals surface area contributed by atoms with E-state index in [0.717, 1.165) is 45.0 Å². The number of nitrogens with zero attached hydrogens (tertiary/aromatic N) is 2. The molecule has 112 valence electrons. The molecule has 1 unspecified atom stereocenters. The fraction of sp³-hybridized carbons (Fsp3) is 0.688. The third-order valence-electron chi connectivity index (χ3n) is 3.61. The van der Waals surface area contributed by atoms with Gasteiger partial charge < -0.3 is 15.0 Å². The molecule has 0 spiro atoms. The van der Waals surface area contributed by atoms with Gasteiger partial charge in [-0.25, -0.2) is 4.98 Å². The minimum Gasteiger partial charge on any atom is -0.375 e. The molecule has 0 bridgehead atoms. The van der Waals surface area contributed by atoms with E-state index in [1.54, 1.807) is 0 Å². The van der Waals surface area contributed by atoms with Crippen LogP contribution < -0.4 is 10.2 Å². The minimum absolute atomic E-state index is 0.289. The molecule has 0 aliphatic carbocycles. The molecule has 1 N–H and O–H groups in total. The lowest BCUT2D eigenvalue weighted by atomic mass is 10.1. The Labute approximate surface area is 122 Å². The van der Waals surface area contributed by atoms with E-state index in [1.807, 2.05) is 0 Å². The molecule has 4 nitrogen and oxygen atoms in total. The number of aryl methyl sites for hydroxylation is 1. The third kappa shape index (κ3) is 4.18. The van der Waals surface area contributed by atoms with Gasteiger partial charge in [0.1, 0.15) is 5.82 Å². The fourth-order valence-corrected chi connectivity index (χ4v) is 2.51. The van der Waals surface area contributed by atoms with Crippen LogP contribution in [0, 0.1) is 0 Å². The minimum atomic E-state index is 0.289. The molecule has 0 radical (unpaired) electrons. The van der Waals surface area contributed by atoms with Crippen molar-refractivity contribution in [3.05, 3.63) is 23.4 Å². The zero-order chi connectivity index (χ0) is 14.4. The first kappa shape index (κ1) is 15.3. The van der Waals surface area contributed by atoms with Gasteiger partial charge in [-0.05, 0) is 44.0 Å². The average molecular weight is 277 g/mol. The number of ether oxygens (including phenoxy) is 1. The van der Waals surface area contributed by atoms with Crippen molar-refractivity contribution in [2.75, 3.05) is 31.1 Å². The summed E-state index contributed by atoms with van der Waals surface area (Å²) in [4.78, 5) is 7.12. The predicted octanol–water partition coefficient (Wildman–Crippen LogP) is 2.37. The number of hydrogen-bond acceptors (Lipinski definition) is 4. The number of nitrogens with one attached hydrogen (secondary N) is 1. The highest BCUT2D eigenvalue weighted by Gasteiger charge is 2.18. The SMILES string of the molecule is CCCNCc1cc(CC)nc(N2CCOC(C)C2)c1. The highest BCUT2D eigenvalue weighted by Crippen LogP contribution is 2.18. The van der Waals surface area contributed by atoms with E-state index in [9.17, 15) is 0 Å². The summed E-state index contributed by atoms with van der Waals surface area (Å²) in [6.07, 6.45) is 2.44. The van der Waals surface area contributed by atoms with Crippen LogP contribution in [0.5, 0.6) is 0 Å². The van der Waals surface area contributed by atoms with Crippen LogP contribution in [0.2, 0.25) is 0 Å². The van der Waals surface area contributed by atoms with Crippen molar-refractivity contribution < 1.29 is 4.74 Å². The summed E-state index contributed by atoms with van der Waals surface area (Å²) in [5, 5.41) is 3.47. The van der Waals surface area contributed by atoms with E-state index in [4.69, 9.17) is 9.72 Å². The first-order valence-corrected chi connectivity index (χ1v) is 7.80. The van der Waals surface area contributed by atoms with Gasteiger partial charge in [-0.15, -0.1) is 0 Å². The smallest absolute Gasteiger partial charge is 0.129 e. The van der Waals surface area contributed by atoms with Gasteiger partial charge in [-0.2, -0.15) is 0 Å². The zero-order valence-electron chi connectivity index (χ0n) is 13.0. The Kier molecular flexibility index (Phi) is 5.80. The van der Waals surface area contributed by atoms with Gasteiger partial charge in [0, 0.05) is 25.3 Å². The topological polar surface area (TPSA) is 37.4 Å². The van der Waals surface area contributed by atoms with Gasteiger partial charge in [0.05, 0.1) is 12.7 Å². The maximum atomic E-state index is 5.61. The number of rotatable bonds is 6. The van der Waals surface area contributed by atoms with Gasteiger partial charge in [0.2, 0.25) is 0 Å². The molecule has 1 aromatic heterocycles. The number of morpholine rings is 1. The third-order valence-corrected chi connectivity index (χ3v) is 3.61. The Morgan fingerprint density at radius 1 is 1.40 bits per heavy atom. The number of pyridine rings is 1. The second-order valence-electron chi connectivity index (χ2n) is 5.48. The molecule has 1 aliphatic heterocycles. The molecular formula is C16H27N3O. The molecular weight excluding hydrogens is 250 g/mol. The van der Waals surface area contributed by atoms with Crippen molar-refractivity contribution in [1.82, 2.24) is 10.3 Å². The lowest BCUT2D eigenvalue weighted by Gasteiger charge is -2.32. The van der Waals surface area contributed by atoms with Crippen molar-refractivity contribution in [3.8, 4) is 0 Å². The van der Waals surface area contributed by atoms with Crippen LogP contribution >= 0.6 is 0 Å². The molecule has 20 heavy (non-hydrogen) atoms. The summed E-state index contributed by atoms with van der Waals surface area (Å²) in [6.45, 7) is 11.1. The molecule has 1 atom stereocenters. The van der Waals surface area contributed by atoms with E-state index in [0.29, 0.717) is 0 Å². The summed E-state index contributed by atoms with van der Waals surface area (Å²) in [5.74, 6) is 1.10. The molecule has 0 saturated carbocycles. The van der Waals surface area contributed by atoms with Crippen molar-refractivity contribution >= 4 is 5.82 Å². The molecule has 1 aliphatic rings. The van der Waals surface area contributed by atoms with Crippen molar-refractivity contribution in [2.45, 2.75) is 46.3 Å². The molecule has 0 aromatic carbocycles. The normalized spacial score (nSPS) is 19.4. The van der Waals surface area contributed by atoms with Gasteiger partial charge in [-0.1, -0.05) is 13.8 Å². The van der Waals surface area contributed by atoms with Gasteiger partial charge in [0.25, 0.3) is 0 Å². The second-order valence-corrected chi connectivity index (χ2v) is 5.48. The van der Waals surface area contributed by atoms with E-state index < -0.39 is 0 Å². The summed E-state index contributed by atoms with van der Waals surface area (Å²) in [6, 6.07) is 4.44. The molecule has 1 fully saturated rings. The standard InChI is InChI=1S/C16H27N3O/c1-4-6-17-11-14-9-15(5-2)18-16(10-14)19-7-8-20-13(3)12-19/h9-10,13,17H,4-8,11-12H2,1-3H3. The Morgan fingerprint density at radius 2 is 2.25 bits per heavy atom. The molecule has 2 heterocycles. The molecule has 0 amide bonds. The van der Waals surface area contributed by atoms with Crippen molar-refractivity contribution in [1.29, 1.82) is 0 Å². The first-order chi connectivity index (χ1) is 9.72. The fourth-order valence-electron chi connectivity index (χ4n) is 2.51. The van der Waals surface area contributed by atoms with E-state index in [-0.39, 0.29) is 6.10 Å². The Balaban J connectivity index is 2.12. The Hall–Kier alpha value is -1.13. The van der Waals surface area contributed by atoms with Gasteiger partial charge in [-0.3, -0.25) is 0 Å². The number of aromatic nitrogens is 1. The van der Waals surface area contributed by atoms with Crippen LogP contribution in [0.15, 0.2) is 12.1 Å². The largest absolute Gasteiger partial charge is 0.375 e. The maximum absolute atomic E-state index is 5.61. The molecule has 2 rings (SSSR count). The summed E-state index contributed by atoms with van der Waals surface area (Å²) < 4.78 is 5.61. The van der Waals surface area contributed by atoms with E-state index in [2.05, 4.69) is 43.1 Å². The molecule has 1 saturated heterocycles. The monoisotopic (exact) mass is 277 g/mol. The quantitative estimate of drug-likeness (QED) is 0.810.